The average molecular weight is 500 g/mol. The van der Waals surface area contributed by atoms with E-state index in [9.17, 15) is 9.35 Å². The Morgan fingerprint density at radius 1 is 1.15 bits per heavy atom. The molecular formula is C25H30ClN5O2S. The number of hydrogen-bond acceptors (Lipinski definition) is 6. The molecule has 1 aliphatic carbocycles. The summed E-state index contributed by atoms with van der Waals surface area (Å²) in [5, 5.41) is 4.45. The maximum absolute atomic E-state index is 13.1. The molecule has 1 aliphatic heterocycles. The van der Waals surface area contributed by atoms with Crippen molar-refractivity contribution in [2.24, 2.45) is 0 Å². The van der Waals surface area contributed by atoms with E-state index in [-0.39, 0.29) is 21.9 Å². The van der Waals surface area contributed by atoms with Crippen molar-refractivity contribution in [2.45, 2.75) is 61.6 Å². The van der Waals surface area contributed by atoms with Gasteiger partial charge in [0.1, 0.15) is 15.9 Å². The van der Waals surface area contributed by atoms with E-state index in [0.29, 0.717) is 11.6 Å². The van der Waals surface area contributed by atoms with Gasteiger partial charge in [-0.25, -0.2) is 4.98 Å². The minimum Gasteiger partial charge on any atom is -0.611 e. The highest BCUT2D eigenvalue weighted by molar-refractivity contribution is 7.92. The molecule has 3 heterocycles. The molecule has 1 saturated carbocycles. The predicted molar refractivity (Wildman–Crippen MR) is 138 cm³/mol. The van der Waals surface area contributed by atoms with Gasteiger partial charge in [0.05, 0.1) is 0 Å². The number of aromatic nitrogens is 3. The van der Waals surface area contributed by atoms with Crippen molar-refractivity contribution in [1.29, 1.82) is 0 Å². The summed E-state index contributed by atoms with van der Waals surface area (Å²) in [6.07, 6.45) is 7.74. The van der Waals surface area contributed by atoms with E-state index in [4.69, 9.17) is 16.6 Å². The molecular weight excluding hydrogens is 470 g/mol. The second kappa shape index (κ2) is 9.85. The maximum Gasteiger partial charge on any atom is 0.271 e. The molecule has 0 radical (unpaired) electrons. The zero-order valence-electron chi connectivity index (χ0n) is 19.6. The van der Waals surface area contributed by atoms with Crippen LogP contribution in [0.5, 0.6) is 0 Å². The molecule has 180 valence electrons. The molecule has 0 spiro atoms. The summed E-state index contributed by atoms with van der Waals surface area (Å²) >= 11 is 5.22. The Morgan fingerprint density at radius 2 is 1.88 bits per heavy atom. The monoisotopic (exact) mass is 499 g/mol. The molecule has 2 aromatic heterocycles. The maximum atomic E-state index is 13.1. The highest BCUT2D eigenvalue weighted by Crippen LogP contribution is 2.32. The lowest BCUT2D eigenvalue weighted by Crippen LogP contribution is -2.37. The minimum absolute atomic E-state index is 0.118. The Morgan fingerprint density at radius 3 is 2.59 bits per heavy atom. The molecule has 3 aromatic rings. The number of halogens is 1. The number of nitrogens with one attached hydrogen (secondary N) is 1. The van der Waals surface area contributed by atoms with Gasteiger partial charge in [-0.2, -0.15) is 4.98 Å². The Bertz CT molecular complexity index is 1250. The Labute approximate surface area is 207 Å². The van der Waals surface area contributed by atoms with Gasteiger partial charge in [-0.05, 0) is 67.8 Å². The standard InChI is InChI=1S/C25H30ClN5O2S/c1-16-13-20(34(33)19-9-11-30(2)12-10-19)7-8-22(16)28-25-27-15-17-14-21(26)24(32)31(23(17)29-25)18-5-3-4-6-18/h7-8,13-15,18-19H,3-6,9-12H2,1-2H3,(H,27,28,29). The summed E-state index contributed by atoms with van der Waals surface area (Å²) in [6.45, 7) is 3.98. The molecule has 1 atom stereocenters. The zero-order valence-corrected chi connectivity index (χ0v) is 21.2. The van der Waals surface area contributed by atoms with Crippen LogP contribution < -0.4 is 10.9 Å². The molecule has 0 bridgehead atoms. The summed E-state index contributed by atoms with van der Waals surface area (Å²) in [7, 11) is 2.11. The smallest absolute Gasteiger partial charge is 0.271 e. The van der Waals surface area contributed by atoms with Crippen LogP contribution in [0.2, 0.25) is 5.02 Å². The normalized spacial score (nSPS) is 19.1. The van der Waals surface area contributed by atoms with Crippen molar-refractivity contribution in [3.05, 3.63) is 51.4 Å². The largest absolute Gasteiger partial charge is 0.611 e. The van der Waals surface area contributed by atoms with Crippen LogP contribution in [0.4, 0.5) is 11.6 Å². The van der Waals surface area contributed by atoms with Crippen molar-refractivity contribution < 1.29 is 4.55 Å². The fourth-order valence-electron chi connectivity index (χ4n) is 5.06. The predicted octanol–water partition coefficient (Wildman–Crippen LogP) is 4.81. The zero-order chi connectivity index (χ0) is 23.8. The number of anilines is 2. The SMILES string of the molecule is Cc1cc([S+]([O-])C2CCN(C)CC2)ccc1Nc1ncc2cc(Cl)c(=O)n(C3CCCC3)c2n1. The highest BCUT2D eigenvalue weighted by atomic mass is 35.5. The molecule has 2 fully saturated rings. The van der Waals surface area contributed by atoms with Gasteiger partial charge in [0.2, 0.25) is 5.95 Å². The van der Waals surface area contributed by atoms with Crippen LogP contribution in [-0.2, 0) is 11.2 Å². The highest BCUT2D eigenvalue weighted by Gasteiger charge is 2.29. The lowest BCUT2D eigenvalue weighted by molar-refractivity contribution is 0.277. The van der Waals surface area contributed by atoms with Gasteiger partial charge in [-0.3, -0.25) is 9.36 Å². The molecule has 2 aliphatic rings. The Hall–Kier alpha value is -2.13. The average Bonchev–Trinajstić information content (AvgIpc) is 3.36. The third kappa shape index (κ3) is 4.69. The summed E-state index contributed by atoms with van der Waals surface area (Å²) < 4.78 is 14.8. The molecule has 7 nitrogen and oxygen atoms in total. The first-order valence-corrected chi connectivity index (χ1v) is 13.5. The number of rotatable bonds is 5. The third-order valence-corrected chi connectivity index (χ3v) is 9.13. The van der Waals surface area contributed by atoms with Gasteiger partial charge in [-0.1, -0.05) is 24.4 Å². The molecule has 5 rings (SSSR count). The van der Waals surface area contributed by atoms with Gasteiger partial charge in [0.25, 0.3) is 5.56 Å². The number of benzene rings is 1. The summed E-state index contributed by atoms with van der Waals surface area (Å²) in [5.74, 6) is 0.424. The fourth-order valence-corrected chi connectivity index (χ4v) is 6.79. The topological polar surface area (TPSA) is 86.1 Å². The number of piperidine rings is 1. The van der Waals surface area contributed by atoms with Crippen molar-refractivity contribution in [3.8, 4) is 0 Å². The van der Waals surface area contributed by atoms with Crippen LogP contribution in [0.3, 0.4) is 0 Å². The first-order chi connectivity index (χ1) is 16.4. The van der Waals surface area contributed by atoms with Gasteiger partial charge in [0, 0.05) is 49.2 Å². The molecule has 34 heavy (non-hydrogen) atoms. The number of likely N-dealkylation sites (tertiary alicyclic amines) is 1. The van der Waals surface area contributed by atoms with Crippen molar-refractivity contribution in [1.82, 2.24) is 19.4 Å². The van der Waals surface area contributed by atoms with Crippen LogP contribution in [0.1, 0.15) is 50.1 Å². The quantitative estimate of drug-likeness (QED) is 0.507. The molecule has 1 aromatic carbocycles. The number of aryl methyl sites for hydroxylation is 1. The molecule has 0 amide bonds. The van der Waals surface area contributed by atoms with E-state index < -0.39 is 11.2 Å². The number of fused-ring (bicyclic) bond motifs is 1. The lowest BCUT2D eigenvalue weighted by atomic mass is 10.1. The van der Waals surface area contributed by atoms with E-state index >= 15 is 0 Å². The number of pyridine rings is 1. The van der Waals surface area contributed by atoms with E-state index in [1.807, 2.05) is 25.1 Å². The molecule has 1 saturated heterocycles. The molecule has 9 heteroatoms. The van der Waals surface area contributed by atoms with Crippen LogP contribution >= 0.6 is 11.6 Å². The van der Waals surface area contributed by atoms with E-state index in [1.54, 1.807) is 16.8 Å². The first-order valence-electron chi connectivity index (χ1n) is 12.0. The van der Waals surface area contributed by atoms with E-state index in [1.165, 1.54) is 0 Å². The van der Waals surface area contributed by atoms with Crippen LogP contribution in [-0.4, -0.2) is 49.4 Å². The Kier molecular flexibility index (Phi) is 6.84. The van der Waals surface area contributed by atoms with Crippen molar-refractivity contribution in [3.63, 3.8) is 0 Å². The van der Waals surface area contributed by atoms with Crippen molar-refractivity contribution in [2.75, 3.05) is 25.5 Å². The molecule has 1 unspecified atom stereocenters. The van der Waals surface area contributed by atoms with Gasteiger partial charge < -0.3 is 14.8 Å². The fraction of sp³-hybridized carbons (Fsp3) is 0.480. The van der Waals surface area contributed by atoms with Gasteiger partial charge in [0.15, 0.2) is 4.90 Å². The third-order valence-electron chi connectivity index (χ3n) is 7.06. The van der Waals surface area contributed by atoms with Gasteiger partial charge in [-0.15, -0.1) is 0 Å². The summed E-state index contributed by atoms with van der Waals surface area (Å²) in [4.78, 5) is 25.2. The van der Waals surface area contributed by atoms with Gasteiger partial charge >= 0.3 is 0 Å². The van der Waals surface area contributed by atoms with Crippen LogP contribution in [0.15, 0.2) is 40.2 Å². The van der Waals surface area contributed by atoms with E-state index in [0.717, 1.165) is 73.1 Å². The summed E-state index contributed by atoms with van der Waals surface area (Å²) in [5.41, 5.74) is 2.25. The second-order valence-electron chi connectivity index (χ2n) is 9.48. The lowest BCUT2D eigenvalue weighted by Gasteiger charge is -2.30. The number of hydrogen-bond donors (Lipinski definition) is 1. The van der Waals surface area contributed by atoms with Crippen molar-refractivity contribution >= 4 is 45.4 Å². The minimum atomic E-state index is -1.01. The van der Waals surface area contributed by atoms with Crippen LogP contribution in [0, 0.1) is 6.92 Å². The molecule has 1 N–H and O–H groups in total. The van der Waals surface area contributed by atoms with E-state index in [2.05, 4.69) is 22.2 Å². The van der Waals surface area contributed by atoms with Crippen LogP contribution in [0.25, 0.3) is 11.0 Å². The number of nitrogens with zero attached hydrogens (tertiary/aromatic N) is 4. The Balaban J connectivity index is 1.41. The summed E-state index contributed by atoms with van der Waals surface area (Å²) in [6, 6.07) is 7.63. The second-order valence-corrected chi connectivity index (χ2v) is 11.6. The first kappa shape index (κ1) is 23.6.